The van der Waals surface area contributed by atoms with Crippen molar-refractivity contribution in [1.29, 1.82) is 0 Å². The van der Waals surface area contributed by atoms with E-state index in [9.17, 15) is 9.59 Å². The topological polar surface area (TPSA) is 58.2 Å². The average molecular weight is 423 g/mol. The number of thioether (sulfide) groups is 1. The third kappa shape index (κ3) is 5.24. The van der Waals surface area contributed by atoms with Gasteiger partial charge < -0.3 is 10.6 Å². The fourth-order valence-corrected chi connectivity index (χ4v) is 6.05. The zero-order chi connectivity index (χ0) is 20.3. The highest BCUT2D eigenvalue weighted by molar-refractivity contribution is 8.00. The van der Waals surface area contributed by atoms with Gasteiger partial charge in [-0.2, -0.15) is 0 Å². The van der Waals surface area contributed by atoms with Crippen molar-refractivity contribution >= 4 is 35.2 Å². The molecule has 2 aliphatic rings. The van der Waals surface area contributed by atoms with E-state index in [1.165, 1.54) is 32.1 Å². The van der Waals surface area contributed by atoms with Gasteiger partial charge in [0.1, 0.15) is 0 Å². The fourth-order valence-electron chi connectivity index (χ4n) is 4.36. The summed E-state index contributed by atoms with van der Waals surface area (Å²) in [4.78, 5) is 26.2. The number of rotatable bonds is 5. The van der Waals surface area contributed by atoms with Crippen molar-refractivity contribution in [2.75, 3.05) is 6.54 Å². The molecule has 2 amide bonds. The second-order valence-corrected chi connectivity index (χ2v) is 10.2. The Morgan fingerprint density at radius 2 is 1.96 bits per heavy atom. The molecule has 0 spiro atoms. The molecule has 28 heavy (non-hydrogen) atoms. The molecule has 1 saturated heterocycles. The number of nitrogens with one attached hydrogen (secondary N) is 2. The smallest absolute Gasteiger partial charge is 0.251 e. The Hall–Kier alpha value is -1.20. The van der Waals surface area contributed by atoms with E-state index in [4.69, 9.17) is 11.6 Å². The Kier molecular flexibility index (Phi) is 7.32. The predicted octanol–water partition coefficient (Wildman–Crippen LogP) is 4.96. The summed E-state index contributed by atoms with van der Waals surface area (Å²) in [6.07, 6.45) is 7.28. The maximum absolute atomic E-state index is 12.9. The summed E-state index contributed by atoms with van der Waals surface area (Å²) in [5, 5.41) is 7.16. The van der Waals surface area contributed by atoms with E-state index in [0.29, 0.717) is 22.4 Å². The van der Waals surface area contributed by atoms with Crippen molar-refractivity contribution < 1.29 is 9.59 Å². The molecule has 6 heteroatoms. The normalized spacial score (nSPS) is 26.0. The van der Waals surface area contributed by atoms with Crippen molar-refractivity contribution in [3.05, 3.63) is 28.3 Å². The number of benzene rings is 1. The highest BCUT2D eigenvalue weighted by atomic mass is 35.5. The van der Waals surface area contributed by atoms with E-state index in [0.717, 1.165) is 16.9 Å². The maximum Gasteiger partial charge on any atom is 0.251 e. The molecule has 2 N–H and O–H groups in total. The average Bonchev–Trinajstić information content (AvgIpc) is 2.64. The van der Waals surface area contributed by atoms with Gasteiger partial charge in [-0.3, -0.25) is 9.59 Å². The van der Waals surface area contributed by atoms with E-state index >= 15 is 0 Å². The van der Waals surface area contributed by atoms with Gasteiger partial charge in [-0.15, -0.1) is 11.8 Å². The second kappa shape index (κ2) is 9.53. The maximum atomic E-state index is 12.9. The number of carbonyl (C=O) groups excluding carboxylic acids is 2. The van der Waals surface area contributed by atoms with Crippen LogP contribution in [0.2, 0.25) is 5.02 Å². The van der Waals surface area contributed by atoms with Gasteiger partial charge in [0, 0.05) is 33.3 Å². The van der Waals surface area contributed by atoms with Crippen LogP contribution in [0.15, 0.2) is 17.0 Å². The van der Waals surface area contributed by atoms with Crippen LogP contribution in [0.4, 0.5) is 0 Å². The molecule has 0 radical (unpaired) electrons. The lowest BCUT2D eigenvalue weighted by molar-refractivity contribution is -0.129. The number of carbonyl (C=O) groups is 2. The molecule has 1 saturated carbocycles. The molecule has 1 aromatic carbocycles. The van der Waals surface area contributed by atoms with Crippen LogP contribution in [-0.2, 0) is 4.79 Å². The molecule has 0 aromatic heterocycles. The van der Waals surface area contributed by atoms with Crippen LogP contribution in [0.1, 0.15) is 68.3 Å². The van der Waals surface area contributed by atoms with Crippen molar-refractivity contribution in [2.24, 2.45) is 11.8 Å². The van der Waals surface area contributed by atoms with Crippen LogP contribution >= 0.6 is 23.4 Å². The summed E-state index contributed by atoms with van der Waals surface area (Å²) < 4.78 is 0. The number of halogens is 1. The van der Waals surface area contributed by atoms with Gasteiger partial charge in [0.25, 0.3) is 5.91 Å². The number of hydrogen-bond acceptors (Lipinski definition) is 3. The quantitative estimate of drug-likeness (QED) is 0.704. The molecule has 154 valence electrons. The third-order valence-electron chi connectivity index (χ3n) is 6.04. The van der Waals surface area contributed by atoms with Gasteiger partial charge in [0.05, 0.1) is 5.92 Å². The highest BCUT2D eigenvalue weighted by Crippen LogP contribution is 2.37. The molecule has 3 rings (SSSR count). The Morgan fingerprint density at radius 3 is 2.64 bits per heavy atom. The zero-order valence-corrected chi connectivity index (χ0v) is 18.6. The van der Waals surface area contributed by atoms with Gasteiger partial charge in [0.15, 0.2) is 0 Å². The Morgan fingerprint density at radius 1 is 1.25 bits per heavy atom. The van der Waals surface area contributed by atoms with Crippen LogP contribution < -0.4 is 10.6 Å². The Bertz CT molecular complexity index is 733. The second-order valence-electron chi connectivity index (χ2n) is 8.39. The molecule has 2 fully saturated rings. The molecule has 1 heterocycles. The minimum atomic E-state index is -0.185. The van der Waals surface area contributed by atoms with Crippen LogP contribution in [0.25, 0.3) is 0 Å². The summed E-state index contributed by atoms with van der Waals surface area (Å²) in [7, 11) is 0. The first-order chi connectivity index (χ1) is 13.3. The van der Waals surface area contributed by atoms with E-state index in [1.54, 1.807) is 6.07 Å². The molecule has 1 aliphatic heterocycles. The minimum absolute atomic E-state index is 0.0305. The van der Waals surface area contributed by atoms with Crippen LogP contribution in [0, 0.1) is 18.8 Å². The Labute approximate surface area is 177 Å². The lowest BCUT2D eigenvalue weighted by Gasteiger charge is -2.32. The fraction of sp³-hybridized carbons (Fsp3) is 0.636. The standard InChI is InChI=1S/C22H31ClN2O2S/c1-13-9-14(2)25-22(27)19(13)12-24-21(26)18-10-16(23)11-20(15(18)3)28-17-7-5-4-6-8-17/h10-11,13-14,17,19H,4-9,12H2,1-3H3,(H,24,26)(H,25,27). The molecule has 3 atom stereocenters. The van der Waals surface area contributed by atoms with E-state index < -0.39 is 0 Å². The van der Waals surface area contributed by atoms with Crippen molar-refractivity contribution in [1.82, 2.24) is 10.6 Å². The summed E-state index contributed by atoms with van der Waals surface area (Å²) in [5.74, 6) is -0.0512. The summed E-state index contributed by atoms with van der Waals surface area (Å²) in [6, 6.07) is 3.91. The summed E-state index contributed by atoms with van der Waals surface area (Å²) >= 11 is 8.19. The molecule has 1 aromatic rings. The predicted molar refractivity (Wildman–Crippen MR) is 116 cm³/mol. The van der Waals surface area contributed by atoms with E-state index in [-0.39, 0.29) is 29.7 Å². The summed E-state index contributed by atoms with van der Waals surface area (Å²) in [5.41, 5.74) is 1.59. The van der Waals surface area contributed by atoms with Gasteiger partial charge in [-0.05, 0) is 56.7 Å². The van der Waals surface area contributed by atoms with Crippen molar-refractivity contribution in [2.45, 2.75) is 75.5 Å². The first-order valence-electron chi connectivity index (χ1n) is 10.4. The van der Waals surface area contributed by atoms with E-state index in [2.05, 4.69) is 17.6 Å². The van der Waals surface area contributed by atoms with Gasteiger partial charge >= 0.3 is 0 Å². The highest BCUT2D eigenvalue weighted by Gasteiger charge is 2.32. The first-order valence-corrected chi connectivity index (χ1v) is 11.7. The number of amides is 2. The van der Waals surface area contributed by atoms with E-state index in [1.807, 2.05) is 31.7 Å². The van der Waals surface area contributed by atoms with Crippen LogP contribution in [0.3, 0.4) is 0 Å². The molecule has 3 unspecified atom stereocenters. The molecule has 0 bridgehead atoms. The lowest BCUT2D eigenvalue weighted by atomic mass is 9.84. The molecular formula is C22H31ClN2O2S. The third-order valence-corrected chi connectivity index (χ3v) is 7.74. The Balaban J connectivity index is 1.68. The number of piperidine rings is 1. The molecule has 4 nitrogen and oxygen atoms in total. The summed E-state index contributed by atoms with van der Waals surface area (Å²) in [6.45, 7) is 6.45. The number of hydrogen-bond donors (Lipinski definition) is 2. The largest absolute Gasteiger partial charge is 0.353 e. The van der Waals surface area contributed by atoms with Crippen LogP contribution in [-0.4, -0.2) is 29.7 Å². The van der Waals surface area contributed by atoms with Crippen LogP contribution in [0.5, 0.6) is 0 Å². The SMILES string of the molecule is Cc1c(SC2CCCCC2)cc(Cl)cc1C(=O)NCC1C(=O)NC(C)CC1C. The first kappa shape index (κ1) is 21.5. The van der Waals surface area contributed by atoms with Crippen molar-refractivity contribution in [3.63, 3.8) is 0 Å². The molecular weight excluding hydrogens is 392 g/mol. The lowest BCUT2D eigenvalue weighted by Crippen LogP contribution is -2.50. The van der Waals surface area contributed by atoms with Gasteiger partial charge in [-0.25, -0.2) is 0 Å². The zero-order valence-electron chi connectivity index (χ0n) is 17.0. The van der Waals surface area contributed by atoms with Crippen molar-refractivity contribution in [3.8, 4) is 0 Å². The molecule has 1 aliphatic carbocycles. The van der Waals surface area contributed by atoms with Gasteiger partial charge in [0.2, 0.25) is 5.91 Å². The minimum Gasteiger partial charge on any atom is -0.353 e. The monoisotopic (exact) mass is 422 g/mol. The van der Waals surface area contributed by atoms with Gasteiger partial charge in [-0.1, -0.05) is 37.8 Å².